The van der Waals surface area contributed by atoms with E-state index >= 15 is 0 Å². The fourth-order valence-electron chi connectivity index (χ4n) is 1.29. The number of hydrogen-bond acceptors (Lipinski definition) is 4. The third-order valence-electron chi connectivity index (χ3n) is 2.25. The van der Waals surface area contributed by atoms with Crippen LogP contribution >= 0.6 is 11.3 Å². The van der Waals surface area contributed by atoms with Crippen molar-refractivity contribution in [3.8, 4) is 0 Å². The first-order valence-corrected chi connectivity index (χ1v) is 5.88. The zero-order chi connectivity index (χ0) is 12.3. The Bertz CT molecular complexity index is 575. The molecule has 0 aliphatic rings. The quantitative estimate of drug-likeness (QED) is 0.874. The summed E-state index contributed by atoms with van der Waals surface area (Å²) in [5.41, 5.74) is 0.163. The largest absolute Gasteiger partial charge is 0.346 e. The second-order valence-electron chi connectivity index (χ2n) is 3.47. The van der Waals surface area contributed by atoms with Gasteiger partial charge in [0.25, 0.3) is 11.5 Å². The normalized spacial score (nSPS) is 10.2. The second-order valence-corrected chi connectivity index (χ2v) is 4.45. The number of carbonyl (C=O) groups excluding carboxylic acids is 1. The number of amides is 1. The van der Waals surface area contributed by atoms with E-state index in [0.717, 1.165) is 5.01 Å². The number of carbonyl (C=O) groups is 1. The highest BCUT2D eigenvalue weighted by atomic mass is 32.1. The summed E-state index contributed by atoms with van der Waals surface area (Å²) in [5.74, 6) is -0.266. The Balaban J connectivity index is 2.04. The van der Waals surface area contributed by atoms with Crippen LogP contribution in [0.25, 0.3) is 0 Å². The van der Waals surface area contributed by atoms with Crippen LogP contribution in [0, 0.1) is 0 Å². The van der Waals surface area contributed by atoms with Crippen molar-refractivity contribution in [3.05, 3.63) is 50.8 Å². The number of pyridine rings is 1. The number of nitrogens with zero attached hydrogens (tertiary/aromatic N) is 2. The molecule has 0 bridgehead atoms. The molecule has 2 aromatic heterocycles. The van der Waals surface area contributed by atoms with Crippen LogP contribution in [0.1, 0.15) is 15.4 Å². The van der Waals surface area contributed by atoms with Gasteiger partial charge in [-0.2, -0.15) is 0 Å². The zero-order valence-electron chi connectivity index (χ0n) is 9.21. The molecule has 2 aromatic rings. The molecule has 0 saturated carbocycles. The minimum atomic E-state index is -0.266. The number of rotatable bonds is 3. The Morgan fingerprint density at radius 1 is 1.59 bits per heavy atom. The molecule has 5 nitrogen and oxygen atoms in total. The third-order valence-corrected chi connectivity index (χ3v) is 3.03. The highest BCUT2D eigenvalue weighted by Gasteiger charge is 2.06. The van der Waals surface area contributed by atoms with Gasteiger partial charge in [-0.1, -0.05) is 0 Å². The van der Waals surface area contributed by atoms with Gasteiger partial charge >= 0.3 is 0 Å². The summed E-state index contributed by atoms with van der Waals surface area (Å²) in [6, 6.07) is 2.93. The molecule has 0 saturated heterocycles. The summed E-state index contributed by atoms with van der Waals surface area (Å²) in [6.45, 7) is 0.381. The Hall–Kier alpha value is -1.95. The van der Waals surface area contributed by atoms with Crippen molar-refractivity contribution in [1.82, 2.24) is 14.9 Å². The Morgan fingerprint density at radius 3 is 3.06 bits per heavy atom. The lowest BCUT2D eigenvalue weighted by molar-refractivity contribution is 0.0950. The van der Waals surface area contributed by atoms with E-state index in [9.17, 15) is 9.59 Å². The van der Waals surface area contributed by atoms with Crippen molar-refractivity contribution >= 4 is 17.2 Å². The van der Waals surface area contributed by atoms with Crippen LogP contribution in [-0.2, 0) is 13.6 Å². The van der Waals surface area contributed by atoms with Crippen LogP contribution in [0.5, 0.6) is 0 Å². The van der Waals surface area contributed by atoms with Gasteiger partial charge in [0.05, 0.1) is 6.54 Å². The van der Waals surface area contributed by atoms with Gasteiger partial charge in [-0.15, -0.1) is 11.3 Å². The average molecular weight is 249 g/mol. The highest BCUT2D eigenvalue weighted by Crippen LogP contribution is 2.03. The molecule has 17 heavy (non-hydrogen) atoms. The average Bonchev–Trinajstić information content (AvgIpc) is 2.82. The SMILES string of the molecule is Cn1ccc(C(=O)NCc2nccs2)cc1=O. The van der Waals surface area contributed by atoms with Crippen LogP contribution < -0.4 is 10.9 Å². The molecule has 0 fully saturated rings. The minimum absolute atomic E-state index is 0.202. The molecule has 6 heteroatoms. The monoisotopic (exact) mass is 249 g/mol. The molecule has 0 aliphatic carbocycles. The van der Waals surface area contributed by atoms with Crippen LogP contribution in [0.15, 0.2) is 34.7 Å². The molecule has 0 radical (unpaired) electrons. The highest BCUT2D eigenvalue weighted by molar-refractivity contribution is 7.09. The van der Waals surface area contributed by atoms with Gasteiger partial charge in [-0.05, 0) is 6.07 Å². The lowest BCUT2D eigenvalue weighted by Gasteiger charge is -2.03. The minimum Gasteiger partial charge on any atom is -0.346 e. The lowest BCUT2D eigenvalue weighted by Crippen LogP contribution is -2.25. The molecular formula is C11H11N3O2S. The first-order valence-electron chi connectivity index (χ1n) is 5.00. The molecule has 0 spiro atoms. The van der Waals surface area contributed by atoms with Crippen molar-refractivity contribution in [2.45, 2.75) is 6.54 Å². The van der Waals surface area contributed by atoms with Crippen molar-refractivity contribution in [2.75, 3.05) is 0 Å². The molecule has 2 rings (SSSR count). The van der Waals surface area contributed by atoms with Gasteiger partial charge in [0.2, 0.25) is 0 Å². The Morgan fingerprint density at radius 2 is 2.41 bits per heavy atom. The van der Waals surface area contributed by atoms with Crippen LogP contribution in [0.3, 0.4) is 0 Å². The first-order chi connectivity index (χ1) is 8.16. The predicted molar refractivity (Wildman–Crippen MR) is 65.0 cm³/mol. The fraction of sp³-hybridized carbons (Fsp3) is 0.182. The Kier molecular flexibility index (Phi) is 3.34. The first kappa shape index (κ1) is 11.5. The van der Waals surface area contributed by atoms with Gasteiger partial charge in [-0.25, -0.2) is 4.98 Å². The van der Waals surface area contributed by atoms with Gasteiger partial charge in [0, 0.05) is 36.5 Å². The van der Waals surface area contributed by atoms with Crippen molar-refractivity contribution in [3.63, 3.8) is 0 Å². The third kappa shape index (κ3) is 2.79. The molecule has 2 heterocycles. The Labute approximate surface area is 102 Å². The van der Waals surface area contributed by atoms with Crippen molar-refractivity contribution in [1.29, 1.82) is 0 Å². The van der Waals surface area contributed by atoms with Crippen LogP contribution in [0.4, 0.5) is 0 Å². The molecule has 1 N–H and O–H groups in total. The van der Waals surface area contributed by atoms with Crippen LogP contribution in [0.2, 0.25) is 0 Å². The maximum atomic E-state index is 11.7. The summed E-state index contributed by atoms with van der Waals surface area (Å²) in [7, 11) is 1.64. The molecule has 0 aliphatic heterocycles. The van der Waals surface area contributed by atoms with Gasteiger partial charge in [0.15, 0.2) is 0 Å². The summed E-state index contributed by atoms with van der Waals surface area (Å²) >= 11 is 1.47. The van der Waals surface area contributed by atoms with E-state index in [1.54, 1.807) is 25.5 Å². The number of nitrogens with one attached hydrogen (secondary N) is 1. The van der Waals surface area contributed by atoms with E-state index in [2.05, 4.69) is 10.3 Å². The molecular weight excluding hydrogens is 238 g/mol. The van der Waals surface area contributed by atoms with E-state index in [4.69, 9.17) is 0 Å². The standard InChI is InChI=1S/C11H11N3O2S/c1-14-4-2-8(6-10(14)15)11(16)13-7-9-12-3-5-17-9/h2-6H,7H2,1H3,(H,13,16). The maximum Gasteiger partial charge on any atom is 0.251 e. The van der Waals surface area contributed by atoms with Gasteiger partial charge < -0.3 is 9.88 Å². The smallest absolute Gasteiger partial charge is 0.251 e. The number of aromatic nitrogens is 2. The molecule has 0 unspecified atom stereocenters. The summed E-state index contributed by atoms with van der Waals surface area (Å²) in [6.07, 6.45) is 3.26. The number of hydrogen-bond donors (Lipinski definition) is 1. The molecule has 0 atom stereocenters. The summed E-state index contributed by atoms with van der Waals surface area (Å²) < 4.78 is 1.41. The lowest BCUT2D eigenvalue weighted by atomic mass is 10.2. The van der Waals surface area contributed by atoms with Gasteiger partial charge in [0.1, 0.15) is 5.01 Å². The van der Waals surface area contributed by atoms with Gasteiger partial charge in [-0.3, -0.25) is 9.59 Å². The van der Waals surface area contributed by atoms with Crippen molar-refractivity contribution < 1.29 is 4.79 Å². The van der Waals surface area contributed by atoms with Crippen LogP contribution in [-0.4, -0.2) is 15.5 Å². The fourth-order valence-corrected chi connectivity index (χ4v) is 1.84. The summed E-state index contributed by atoms with van der Waals surface area (Å²) in [4.78, 5) is 27.1. The topological polar surface area (TPSA) is 64.0 Å². The van der Waals surface area contributed by atoms with E-state index < -0.39 is 0 Å². The van der Waals surface area contributed by atoms with E-state index in [1.807, 2.05) is 5.38 Å². The zero-order valence-corrected chi connectivity index (χ0v) is 10.0. The maximum absolute atomic E-state index is 11.7. The number of thiazole rings is 1. The molecule has 0 aromatic carbocycles. The van der Waals surface area contributed by atoms with Crippen molar-refractivity contribution in [2.24, 2.45) is 7.05 Å². The molecule has 1 amide bonds. The van der Waals surface area contributed by atoms with E-state index in [0.29, 0.717) is 12.1 Å². The second kappa shape index (κ2) is 4.92. The summed E-state index contributed by atoms with van der Waals surface area (Å²) in [5, 5.41) is 5.39. The number of aryl methyl sites for hydroxylation is 1. The molecule has 88 valence electrons. The van der Waals surface area contributed by atoms with E-state index in [1.165, 1.54) is 22.0 Å². The predicted octanol–water partition coefficient (Wildman–Crippen LogP) is 0.772. The van der Waals surface area contributed by atoms with E-state index in [-0.39, 0.29) is 11.5 Å².